The van der Waals surface area contributed by atoms with E-state index in [1.54, 1.807) is 32.9 Å². The molecule has 35 heavy (non-hydrogen) atoms. The number of rotatable bonds is 12. The largest absolute Gasteiger partial charge is 0.480 e. The average Bonchev–Trinajstić information content (AvgIpc) is 2.72. The summed E-state index contributed by atoms with van der Waals surface area (Å²) in [5.74, 6) is -1.11. The van der Waals surface area contributed by atoms with E-state index in [0.29, 0.717) is 6.42 Å². The van der Waals surface area contributed by atoms with E-state index in [2.05, 4.69) is 5.32 Å². The van der Waals surface area contributed by atoms with Crippen molar-refractivity contribution in [3.8, 4) is 0 Å². The molecule has 3 atom stereocenters. The first-order valence-electron chi connectivity index (χ1n) is 12.1. The van der Waals surface area contributed by atoms with Crippen molar-refractivity contribution < 1.29 is 34.1 Å². The van der Waals surface area contributed by atoms with E-state index in [1.165, 1.54) is 0 Å². The number of hydrogen-bond acceptors (Lipinski definition) is 6. The normalized spacial score (nSPS) is 14.2. The van der Waals surface area contributed by atoms with Crippen molar-refractivity contribution in [1.82, 2.24) is 10.2 Å². The molecule has 0 saturated carbocycles. The Labute approximate surface area is 208 Å². The van der Waals surface area contributed by atoms with Gasteiger partial charge in [0.1, 0.15) is 18.2 Å². The van der Waals surface area contributed by atoms with Gasteiger partial charge in [0.2, 0.25) is 0 Å². The lowest BCUT2D eigenvalue weighted by atomic mass is 9.97. The highest BCUT2D eigenvalue weighted by Gasteiger charge is 2.35. The van der Waals surface area contributed by atoms with E-state index in [-0.39, 0.29) is 31.4 Å². The van der Waals surface area contributed by atoms with Gasteiger partial charge >= 0.3 is 18.2 Å². The van der Waals surface area contributed by atoms with Crippen molar-refractivity contribution in [1.29, 1.82) is 0 Å². The molecule has 0 aliphatic carbocycles. The first-order valence-corrected chi connectivity index (χ1v) is 12.1. The molecule has 0 fully saturated rings. The second kappa shape index (κ2) is 13.9. The lowest BCUT2D eigenvalue weighted by Crippen LogP contribution is -2.54. The number of carbonyl (C=O) groups is 3. The average molecular weight is 495 g/mol. The second-order valence-electron chi connectivity index (χ2n) is 10.6. The molecule has 0 aliphatic heterocycles. The number of aliphatic hydroxyl groups excluding tert-OH is 1. The van der Waals surface area contributed by atoms with Gasteiger partial charge in [-0.2, -0.15) is 0 Å². The van der Waals surface area contributed by atoms with Crippen molar-refractivity contribution in [2.45, 2.75) is 91.7 Å². The van der Waals surface area contributed by atoms with Crippen LogP contribution in [0.25, 0.3) is 0 Å². The van der Waals surface area contributed by atoms with Crippen LogP contribution in [0.15, 0.2) is 30.3 Å². The van der Waals surface area contributed by atoms with E-state index < -0.39 is 41.9 Å². The number of nitrogens with zero attached hydrogens (tertiary/aromatic N) is 1. The van der Waals surface area contributed by atoms with Crippen LogP contribution in [0.3, 0.4) is 0 Å². The summed E-state index contributed by atoms with van der Waals surface area (Å²) in [6.07, 6.45) is -2.21. The van der Waals surface area contributed by atoms with E-state index in [9.17, 15) is 24.6 Å². The van der Waals surface area contributed by atoms with E-state index in [1.807, 2.05) is 45.9 Å². The van der Waals surface area contributed by atoms with Gasteiger partial charge in [0.25, 0.3) is 0 Å². The monoisotopic (exact) mass is 494 g/mol. The van der Waals surface area contributed by atoms with Gasteiger partial charge in [0.15, 0.2) is 0 Å². The zero-order valence-electron chi connectivity index (χ0n) is 22.0. The number of amides is 2. The Morgan fingerprint density at radius 1 is 1.00 bits per heavy atom. The van der Waals surface area contributed by atoms with Crippen LogP contribution in [-0.4, -0.2) is 63.6 Å². The molecule has 1 rings (SSSR count). The molecule has 0 heterocycles. The molecule has 0 spiro atoms. The van der Waals surface area contributed by atoms with Crippen molar-refractivity contribution >= 4 is 18.2 Å². The highest BCUT2D eigenvalue weighted by molar-refractivity contribution is 5.80. The summed E-state index contributed by atoms with van der Waals surface area (Å²) in [5, 5.41) is 23.6. The van der Waals surface area contributed by atoms with Gasteiger partial charge in [-0.15, -0.1) is 0 Å². The molecular formula is C26H42N2O7. The molecule has 0 aromatic heterocycles. The number of carboxylic acid groups (broad SMARTS) is 1. The molecule has 1 aromatic carbocycles. The maximum Gasteiger partial charge on any atom is 0.410 e. The number of ether oxygens (including phenoxy) is 2. The number of hydrogen-bond donors (Lipinski definition) is 3. The summed E-state index contributed by atoms with van der Waals surface area (Å²) in [6.45, 7) is 12.4. The zero-order chi connectivity index (χ0) is 26.8. The van der Waals surface area contributed by atoms with Crippen LogP contribution in [0.2, 0.25) is 0 Å². The summed E-state index contributed by atoms with van der Waals surface area (Å²) in [6, 6.07) is 7.07. The van der Waals surface area contributed by atoms with Crippen molar-refractivity contribution in [3.05, 3.63) is 35.9 Å². The van der Waals surface area contributed by atoms with Crippen LogP contribution in [-0.2, 0) is 20.9 Å². The quantitative estimate of drug-likeness (QED) is 0.393. The smallest absolute Gasteiger partial charge is 0.410 e. The summed E-state index contributed by atoms with van der Waals surface area (Å²) >= 11 is 0. The second-order valence-corrected chi connectivity index (χ2v) is 10.6. The summed E-state index contributed by atoms with van der Waals surface area (Å²) in [5.41, 5.74) is 0.0254. The summed E-state index contributed by atoms with van der Waals surface area (Å²) in [7, 11) is 0. The minimum absolute atomic E-state index is 0.0241. The van der Waals surface area contributed by atoms with Crippen LogP contribution in [0, 0.1) is 11.8 Å². The molecule has 1 aromatic rings. The Balaban J connectivity index is 3.12. The van der Waals surface area contributed by atoms with Gasteiger partial charge in [-0.1, -0.05) is 58.0 Å². The maximum absolute atomic E-state index is 13.1. The highest BCUT2D eigenvalue weighted by atomic mass is 16.6. The van der Waals surface area contributed by atoms with Gasteiger partial charge < -0.3 is 25.0 Å². The topological polar surface area (TPSA) is 125 Å². The molecule has 9 heteroatoms. The minimum Gasteiger partial charge on any atom is -0.480 e. The minimum atomic E-state index is -1.25. The summed E-state index contributed by atoms with van der Waals surface area (Å²) < 4.78 is 10.7. The third-order valence-corrected chi connectivity index (χ3v) is 5.07. The van der Waals surface area contributed by atoms with Gasteiger partial charge in [0.05, 0.1) is 18.7 Å². The number of nitrogens with one attached hydrogen (secondary N) is 1. The molecule has 198 valence electrons. The Kier molecular flexibility index (Phi) is 12.0. The number of alkyl carbamates (subject to hydrolysis) is 1. The Hall–Kier alpha value is -2.81. The number of aliphatic hydroxyl groups is 1. The third kappa shape index (κ3) is 11.9. The maximum atomic E-state index is 13.1. The molecule has 9 nitrogen and oxygen atoms in total. The van der Waals surface area contributed by atoms with Crippen molar-refractivity contribution in [2.75, 3.05) is 6.54 Å². The van der Waals surface area contributed by atoms with Crippen LogP contribution >= 0.6 is 0 Å². The fourth-order valence-corrected chi connectivity index (χ4v) is 3.55. The zero-order valence-corrected chi connectivity index (χ0v) is 22.0. The Morgan fingerprint density at radius 2 is 1.57 bits per heavy atom. The molecule has 0 saturated heterocycles. The third-order valence-electron chi connectivity index (χ3n) is 5.07. The van der Waals surface area contributed by atoms with E-state index in [0.717, 1.165) is 10.5 Å². The molecule has 0 bridgehead atoms. The van der Waals surface area contributed by atoms with Crippen LogP contribution < -0.4 is 5.32 Å². The first kappa shape index (κ1) is 30.2. The van der Waals surface area contributed by atoms with E-state index >= 15 is 0 Å². The van der Waals surface area contributed by atoms with Crippen LogP contribution in [0.4, 0.5) is 9.59 Å². The van der Waals surface area contributed by atoms with Gasteiger partial charge in [-0.3, -0.25) is 4.90 Å². The van der Waals surface area contributed by atoms with Crippen LogP contribution in [0.5, 0.6) is 0 Å². The van der Waals surface area contributed by atoms with E-state index in [4.69, 9.17) is 9.47 Å². The molecule has 3 N–H and O–H groups in total. The Bertz CT molecular complexity index is 806. The molecule has 0 radical (unpaired) electrons. The summed E-state index contributed by atoms with van der Waals surface area (Å²) in [4.78, 5) is 38.6. The molecule has 2 unspecified atom stereocenters. The SMILES string of the molecule is CC(C)CC(NC(=O)OC(C)(C)C)C(O)CN(C(=O)OCc1ccccc1)[C@@H](CC(C)C)C(=O)O. The standard InChI is InChI=1S/C26H42N2O7/c1-17(2)13-20(27-24(32)35-26(5,6)7)22(29)15-28(21(23(30)31)14-18(3)4)25(33)34-16-19-11-9-8-10-12-19/h8-12,17-18,20-22,29H,13-16H2,1-7H3,(H,27,32)(H,30,31)/t20?,21-,22?/m0/s1. The number of aliphatic carboxylic acids is 1. The predicted octanol–water partition coefficient (Wildman–Crippen LogP) is 4.42. The first-order chi connectivity index (χ1) is 16.2. The molecule has 0 aliphatic rings. The van der Waals surface area contributed by atoms with Gasteiger partial charge in [-0.25, -0.2) is 14.4 Å². The van der Waals surface area contributed by atoms with Crippen molar-refractivity contribution in [2.24, 2.45) is 11.8 Å². The van der Waals surface area contributed by atoms with Gasteiger partial charge in [-0.05, 0) is 51.0 Å². The lowest BCUT2D eigenvalue weighted by molar-refractivity contribution is -0.144. The van der Waals surface area contributed by atoms with Crippen LogP contribution in [0.1, 0.15) is 66.9 Å². The number of carboxylic acids is 1. The number of carbonyl (C=O) groups excluding carboxylic acids is 2. The molecular weight excluding hydrogens is 452 g/mol. The highest BCUT2D eigenvalue weighted by Crippen LogP contribution is 2.18. The fraction of sp³-hybridized carbons (Fsp3) is 0.654. The number of benzene rings is 1. The fourth-order valence-electron chi connectivity index (χ4n) is 3.55. The molecule has 2 amide bonds. The predicted molar refractivity (Wildman–Crippen MR) is 133 cm³/mol. The van der Waals surface area contributed by atoms with Crippen molar-refractivity contribution in [3.63, 3.8) is 0 Å². The lowest BCUT2D eigenvalue weighted by Gasteiger charge is -2.34. The van der Waals surface area contributed by atoms with Gasteiger partial charge in [0, 0.05) is 0 Å². The Morgan fingerprint density at radius 3 is 2.06 bits per heavy atom.